The molecule has 7 heteroatoms. The summed E-state index contributed by atoms with van der Waals surface area (Å²) in [5.41, 5.74) is 2.82. The molecule has 1 amide bonds. The van der Waals surface area contributed by atoms with Crippen molar-refractivity contribution in [3.05, 3.63) is 59.9 Å². The van der Waals surface area contributed by atoms with Crippen LogP contribution in [0.1, 0.15) is 43.1 Å². The average molecular weight is 404 g/mol. The number of amides is 1. The van der Waals surface area contributed by atoms with Crippen LogP contribution in [0.3, 0.4) is 0 Å². The molecule has 0 N–H and O–H groups in total. The van der Waals surface area contributed by atoms with Gasteiger partial charge in [0.05, 0.1) is 23.7 Å². The molecule has 154 valence electrons. The van der Waals surface area contributed by atoms with Crippen LogP contribution < -0.4 is 0 Å². The average Bonchev–Trinajstić information content (AvgIpc) is 3.13. The van der Waals surface area contributed by atoms with Crippen molar-refractivity contribution in [2.24, 2.45) is 0 Å². The molecule has 7 nitrogen and oxygen atoms in total. The molecular weight excluding hydrogens is 380 g/mol. The van der Waals surface area contributed by atoms with Gasteiger partial charge in [0.15, 0.2) is 0 Å². The van der Waals surface area contributed by atoms with E-state index in [0.29, 0.717) is 16.8 Å². The van der Waals surface area contributed by atoms with Gasteiger partial charge in [-0.3, -0.25) is 9.59 Å². The van der Waals surface area contributed by atoms with Gasteiger partial charge in [-0.25, -0.2) is 4.98 Å². The lowest BCUT2D eigenvalue weighted by molar-refractivity contribution is -0.154. The van der Waals surface area contributed by atoms with Crippen molar-refractivity contribution >= 4 is 17.5 Å². The van der Waals surface area contributed by atoms with Gasteiger partial charge in [-0.15, -0.1) is 0 Å². The molecule has 0 bridgehead atoms. The Morgan fingerprint density at radius 3 is 2.53 bits per heavy atom. The van der Waals surface area contributed by atoms with Crippen LogP contribution in [0.4, 0.5) is 0 Å². The maximum absolute atomic E-state index is 12.7. The third-order valence-electron chi connectivity index (χ3n) is 4.43. The molecule has 30 heavy (non-hydrogen) atoms. The van der Waals surface area contributed by atoms with Crippen LogP contribution in [0.2, 0.25) is 0 Å². The van der Waals surface area contributed by atoms with E-state index in [-0.39, 0.29) is 24.8 Å². The number of ether oxygens (including phenoxy) is 1. The van der Waals surface area contributed by atoms with E-state index >= 15 is 0 Å². The molecule has 2 heterocycles. The molecule has 0 saturated heterocycles. The summed E-state index contributed by atoms with van der Waals surface area (Å²) in [6, 6.07) is 12.7. The quantitative estimate of drug-likeness (QED) is 0.606. The van der Waals surface area contributed by atoms with Crippen LogP contribution in [0.15, 0.2) is 48.8 Å². The van der Waals surface area contributed by atoms with Gasteiger partial charge in [-0.2, -0.15) is 5.26 Å². The number of hydrogen-bond acceptors (Lipinski definition) is 5. The zero-order valence-electron chi connectivity index (χ0n) is 17.5. The van der Waals surface area contributed by atoms with E-state index in [1.165, 1.54) is 4.90 Å². The highest BCUT2D eigenvalue weighted by molar-refractivity contribution is 5.95. The Kier molecular flexibility index (Phi) is 5.88. The molecule has 1 aromatic carbocycles. The van der Waals surface area contributed by atoms with Crippen LogP contribution in [0.5, 0.6) is 0 Å². The van der Waals surface area contributed by atoms with E-state index in [0.717, 1.165) is 11.3 Å². The number of aromatic nitrogens is 2. The Balaban J connectivity index is 1.72. The summed E-state index contributed by atoms with van der Waals surface area (Å²) in [5, 5.41) is 8.93. The number of benzene rings is 1. The number of pyridine rings is 1. The van der Waals surface area contributed by atoms with Gasteiger partial charge in [-0.1, -0.05) is 12.1 Å². The number of hydrogen-bond donors (Lipinski definition) is 0. The van der Waals surface area contributed by atoms with Crippen LogP contribution in [0.25, 0.3) is 16.9 Å². The van der Waals surface area contributed by atoms with E-state index in [1.807, 2.05) is 43.5 Å². The van der Waals surface area contributed by atoms with Gasteiger partial charge in [-0.05, 0) is 45.0 Å². The minimum atomic E-state index is -0.544. The molecule has 2 aromatic heterocycles. The lowest BCUT2D eigenvalue weighted by Gasteiger charge is -2.21. The van der Waals surface area contributed by atoms with Gasteiger partial charge in [0, 0.05) is 37.1 Å². The van der Waals surface area contributed by atoms with Crippen LogP contribution in [-0.4, -0.2) is 45.4 Å². The van der Waals surface area contributed by atoms with Gasteiger partial charge in [0.25, 0.3) is 5.91 Å². The number of carbonyl (C=O) groups is 2. The molecule has 3 aromatic rings. The maximum atomic E-state index is 12.7. The largest absolute Gasteiger partial charge is 0.460 e. The zero-order chi connectivity index (χ0) is 21.9. The standard InChI is InChI=1S/C23H24N4O3/c1-23(2,3)30-21(28)10-11-26(4)22(29)18-9-12-27-15-19(25-20(27)13-18)17-7-5-16(14-24)6-8-17/h5-9,12-13,15H,10-11H2,1-4H3. The molecule has 0 spiro atoms. The summed E-state index contributed by atoms with van der Waals surface area (Å²) in [5.74, 6) is -0.526. The smallest absolute Gasteiger partial charge is 0.308 e. The first-order chi connectivity index (χ1) is 14.2. The van der Waals surface area contributed by atoms with Crippen LogP contribution in [0, 0.1) is 11.3 Å². The van der Waals surface area contributed by atoms with Crippen LogP contribution in [-0.2, 0) is 9.53 Å². The molecule has 0 atom stereocenters. The number of nitrogens with zero attached hydrogens (tertiary/aromatic N) is 4. The third-order valence-corrected chi connectivity index (χ3v) is 4.43. The lowest BCUT2D eigenvalue weighted by atomic mass is 10.1. The Morgan fingerprint density at radius 2 is 1.90 bits per heavy atom. The van der Waals surface area contributed by atoms with E-state index in [4.69, 9.17) is 10.00 Å². The van der Waals surface area contributed by atoms with Gasteiger partial charge < -0.3 is 14.0 Å². The highest BCUT2D eigenvalue weighted by Crippen LogP contribution is 2.20. The van der Waals surface area contributed by atoms with E-state index in [1.54, 1.807) is 37.5 Å². The third kappa shape index (κ3) is 5.03. The number of fused-ring (bicyclic) bond motifs is 1. The molecular formula is C23H24N4O3. The predicted molar refractivity (Wildman–Crippen MR) is 113 cm³/mol. The summed E-state index contributed by atoms with van der Waals surface area (Å²) in [7, 11) is 1.66. The Morgan fingerprint density at radius 1 is 1.20 bits per heavy atom. The molecule has 0 aliphatic rings. The second-order valence-electron chi connectivity index (χ2n) is 8.06. The SMILES string of the molecule is CN(CCC(=O)OC(C)(C)C)C(=O)c1ccn2cc(-c3ccc(C#N)cc3)nc2c1. The van der Waals surface area contributed by atoms with Gasteiger partial charge in [0.2, 0.25) is 0 Å². The van der Waals surface area contributed by atoms with Crippen molar-refractivity contribution in [3.63, 3.8) is 0 Å². The van der Waals surface area contributed by atoms with E-state index in [9.17, 15) is 9.59 Å². The maximum Gasteiger partial charge on any atom is 0.308 e. The second kappa shape index (κ2) is 8.37. The predicted octanol–water partition coefficient (Wildman–Crippen LogP) is 3.68. The first kappa shape index (κ1) is 21.1. The van der Waals surface area contributed by atoms with E-state index < -0.39 is 5.60 Å². The number of carbonyl (C=O) groups excluding carboxylic acids is 2. The molecule has 0 fully saturated rings. The van der Waals surface area contributed by atoms with Crippen molar-refractivity contribution in [2.45, 2.75) is 32.8 Å². The summed E-state index contributed by atoms with van der Waals surface area (Å²) in [4.78, 5) is 30.7. The van der Waals surface area contributed by atoms with Crippen molar-refractivity contribution < 1.29 is 14.3 Å². The highest BCUT2D eigenvalue weighted by Gasteiger charge is 2.19. The number of rotatable bonds is 5. The topological polar surface area (TPSA) is 87.7 Å². The molecule has 0 unspecified atom stereocenters. The molecule has 0 aliphatic heterocycles. The monoisotopic (exact) mass is 404 g/mol. The lowest BCUT2D eigenvalue weighted by Crippen LogP contribution is -2.31. The number of imidazole rings is 1. The fraction of sp³-hybridized carbons (Fsp3) is 0.304. The van der Waals surface area contributed by atoms with E-state index in [2.05, 4.69) is 11.1 Å². The summed E-state index contributed by atoms with van der Waals surface area (Å²) >= 11 is 0. The minimum absolute atomic E-state index is 0.133. The fourth-order valence-corrected chi connectivity index (χ4v) is 2.94. The molecule has 3 rings (SSSR count). The van der Waals surface area contributed by atoms with Crippen LogP contribution >= 0.6 is 0 Å². The summed E-state index contributed by atoms with van der Waals surface area (Å²) in [6.07, 6.45) is 3.79. The first-order valence-corrected chi connectivity index (χ1v) is 9.63. The highest BCUT2D eigenvalue weighted by atomic mass is 16.6. The second-order valence-corrected chi connectivity index (χ2v) is 8.06. The van der Waals surface area contributed by atoms with Gasteiger partial charge in [0.1, 0.15) is 11.2 Å². The van der Waals surface area contributed by atoms with Gasteiger partial charge >= 0.3 is 5.97 Å². The molecule has 0 saturated carbocycles. The summed E-state index contributed by atoms with van der Waals surface area (Å²) < 4.78 is 7.12. The fourth-order valence-electron chi connectivity index (χ4n) is 2.94. The van der Waals surface area contributed by atoms with Crippen molar-refractivity contribution in [1.29, 1.82) is 5.26 Å². The Labute approximate surface area is 175 Å². The Hall–Kier alpha value is -3.66. The van der Waals surface area contributed by atoms with Crippen molar-refractivity contribution in [1.82, 2.24) is 14.3 Å². The number of esters is 1. The first-order valence-electron chi connectivity index (χ1n) is 9.63. The minimum Gasteiger partial charge on any atom is -0.460 e. The normalized spacial score (nSPS) is 11.2. The van der Waals surface area contributed by atoms with Crippen molar-refractivity contribution in [2.75, 3.05) is 13.6 Å². The molecule has 0 aliphatic carbocycles. The Bertz CT molecular complexity index is 1120. The molecule has 0 radical (unpaired) electrons. The zero-order valence-corrected chi connectivity index (χ0v) is 17.5. The number of nitriles is 1. The van der Waals surface area contributed by atoms with Crippen molar-refractivity contribution in [3.8, 4) is 17.3 Å². The summed E-state index contributed by atoms with van der Waals surface area (Å²) in [6.45, 7) is 5.70.